The van der Waals surface area contributed by atoms with Crippen LogP contribution in [0.5, 0.6) is 28.7 Å². The molecular formula is C39H52O6. The van der Waals surface area contributed by atoms with Gasteiger partial charge in [0.15, 0.2) is 11.5 Å². The average Bonchev–Trinajstić information content (AvgIpc) is 3.01. The largest absolute Gasteiger partial charge is 0.508 e. The first-order valence-corrected chi connectivity index (χ1v) is 17.0. The molecule has 1 heterocycles. The van der Waals surface area contributed by atoms with E-state index in [0.717, 1.165) is 70.6 Å². The van der Waals surface area contributed by atoms with Gasteiger partial charge in [-0.2, -0.15) is 0 Å². The summed E-state index contributed by atoms with van der Waals surface area (Å²) in [5, 5.41) is 32.7. The van der Waals surface area contributed by atoms with Crippen LogP contribution in [0.3, 0.4) is 0 Å². The minimum Gasteiger partial charge on any atom is -0.508 e. The fraction of sp³-hybridized carbons (Fsp3) is 0.538. The standard InChI is InChI=1S/C39H52O6/c1-7-8-9-11-24(4)12-10-13-25-17-27-19-32(41)28(16-23(2)3)18-29(27)38-36(44-6)22-34-30(37(25)38)21-33(42)39(45-34)26-14-15-31(40)35(20-26)43-5/h14-15,18-20,22-25,33,39-42H,7-13,16-17,21H2,1-6H3/t24-,25-,33+,39-/m0/s1. The molecule has 3 aromatic rings. The molecule has 0 fully saturated rings. The smallest absolute Gasteiger partial charge is 0.160 e. The second kappa shape index (κ2) is 14.4. The summed E-state index contributed by atoms with van der Waals surface area (Å²) in [5.74, 6) is 3.57. The zero-order chi connectivity index (χ0) is 32.2. The predicted molar refractivity (Wildman–Crippen MR) is 180 cm³/mol. The molecule has 1 aliphatic carbocycles. The number of phenolic OH excluding ortho intramolecular Hbond substituents is 2. The van der Waals surface area contributed by atoms with Gasteiger partial charge in [-0.25, -0.2) is 0 Å². The third kappa shape index (κ3) is 7.06. The highest BCUT2D eigenvalue weighted by atomic mass is 16.5. The van der Waals surface area contributed by atoms with Crippen molar-refractivity contribution in [2.75, 3.05) is 14.2 Å². The SMILES string of the molecule is CCCCC[C@H](C)CCC[C@H]1Cc2cc(O)c(CC(C)C)cc2-c2c(OC)cc3c(c21)C[C@@H](O)[C@H](c1ccc(O)c(OC)c1)O3. The Morgan fingerprint density at radius 2 is 1.64 bits per heavy atom. The zero-order valence-electron chi connectivity index (χ0n) is 28.0. The molecule has 5 rings (SSSR count). The molecule has 0 saturated carbocycles. The summed E-state index contributed by atoms with van der Waals surface area (Å²) in [6.07, 6.45) is 9.14. The first-order valence-electron chi connectivity index (χ1n) is 17.0. The molecule has 0 saturated heterocycles. The lowest BCUT2D eigenvalue weighted by Crippen LogP contribution is -2.32. The number of unbranched alkanes of at least 4 members (excludes halogenated alkanes) is 2. The van der Waals surface area contributed by atoms with Crippen molar-refractivity contribution in [3.63, 3.8) is 0 Å². The fourth-order valence-corrected chi connectivity index (χ4v) is 7.49. The summed E-state index contributed by atoms with van der Waals surface area (Å²) in [6, 6.07) is 11.2. The van der Waals surface area contributed by atoms with Gasteiger partial charge in [-0.1, -0.05) is 72.3 Å². The number of phenols is 2. The number of ether oxygens (including phenoxy) is 3. The Labute approximate surface area is 269 Å². The predicted octanol–water partition coefficient (Wildman–Crippen LogP) is 9.04. The van der Waals surface area contributed by atoms with E-state index in [1.165, 1.54) is 44.8 Å². The van der Waals surface area contributed by atoms with Crippen LogP contribution in [0.15, 0.2) is 36.4 Å². The first kappa shape index (κ1) is 33.0. The van der Waals surface area contributed by atoms with E-state index in [1.54, 1.807) is 25.3 Å². The summed E-state index contributed by atoms with van der Waals surface area (Å²) in [4.78, 5) is 0. The van der Waals surface area contributed by atoms with Crippen LogP contribution in [-0.4, -0.2) is 35.6 Å². The van der Waals surface area contributed by atoms with Crippen LogP contribution >= 0.6 is 0 Å². The van der Waals surface area contributed by atoms with Gasteiger partial charge in [0.25, 0.3) is 0 Å². The molecule has 244 valence electrons. The minimum atomic E-state index is -0.777. The van der Waals surface area contributed by atoms with Gasteiger partial charge in [-0.3, -0.25) is 0 Å². The van der Waals surface area contributed by atoms with Gasteiger partial charge in [-0.05, 0) is 89.1 Å². The van der Waals surface area contributed by atoms with Crippen molar-refractivity contribution < 1.29 is 29.5 Å². The fourth-order valence-electron chi connectivity index (χ4n) is 7.49. The van der Waals surface area contributed by atoms with E-state index < -0.39 is 12.2 Å². The number of methoxy groups -OCH3 is 2. The van der Waals surface area contributed by atoms with Crippen LogP contribution in [0.1, 0.15) is 112 Å². The Hall–Kier alpha value is -3.38. The molecule has 2 aliphatic rings. The topological polar surface area (TPSA) is 88.4 Å². The normalized spacial score (nSPS) is 19.3. The van der Waals surface area contributed by atoms with Gasteiger partial charge >= 0.3 is 0 Å². The molecule has 4 atom stereocenters. The van der Waals surface area contributed by atoms with Crippen molar-refractivity contribution in [2.24, 2.45) is 11.8 Å². The lowest BCUT2D eigenvalue weighted by molar-refractivity contribution is 0.0201. The molecule has 6 nitrogen and oxygen atoms in total. The highest BCUT2D eigenvalue weighted by Gasteiger charge is 2.38. The van der Waals surface area contributed by atoms with Crippen molar-refractivity contribution in [1.82, 2.24) is 0 Å². The van der Waals surface area contributed by atoms with E-state index in [1.807, 2.05) is 12.1 Å². The molecule has 1 aliphatic heterocycles. The summed E-state index contributed by atoms with van der Waals surface area (Å²) in [5.41, 5.74) is 7.30. The van der Waals surface area contributed by atoms with Crippen molar-refractivity contribution in [3.05, 3.63) is 64.2 Å². The molecule has 0 amide bonds. The van der Waals surface area contributed by atoms with Crippen molar-refractivity contribution >= 4 is 0 Å². The second-order valence-corrected chi connectivity index (χ2v) is 13.8. The maximum Gasteiger partial charge on any atom is 0.160 e. The Morgan fingerprint density at radius 1 is 0.889 bits per heavy atom. The third-order valence-electron chi connectivity index (χ3n) is 9.80. The lowest BCUT2D eigenvalue weighted by atomic mass is 9.72. The number of aliphatic hydroxyl groups is 1. The highest BCUT2D eigenvalue weighted by molar-refractivity contribution is 5.83. The van der Waals surface area contributed by atoms with E-state index in [4.69, 9.17) is 14.2 Å². The molecular weight excluding hydrogens is 564 g/mol. The van der Waals surface area contributed by atoms with Crippen molar-refractivity contribution in [3.8, 4) is 39.9 Å². The van der Waals surface area contributed by atoms with Crippen molar-refractivity contribution in [2.45, 2.75) is 110 Å². The van der Waals surface area contributed by atoms with E-state index >= 15 is 0 Å². The molecule has 0 spiro atoms. The molecule has 0 aromatic heterocycles. The number of aromatic hydroxyl groups is 2. The second-order valence-electron chi connectivity index (χ2n) is 13.8. The van der Waals surface area contributed by atoms with Gasteiger partial charge < -0.3 is 29.5 Å². The maximum atomic E-state index is 11.6. The van der Waals surface area contributed by atoms with Gasteiger partial charge in [0.2, 0.25) is 0 Å². The summed E-state index contributed by atoms with van der Waals surface area (Å²) < 4.78 is 18.0. The maximum absolute atomic E-state index is 11.6. The van der Waals surface area contributed by atoms with Crippen LogP contribution in [0.2, 0.25) is 0 Å². The monoisotopic (exact) mass is 616 g/mol. The average molecular weight is 617 g/mol. The molecule has 6 heteroatoms. The van der Waals surface area contributed by atoms with Crippen LogP contribution in [0.4, 0.5) is 0 Å². The molecule has 0 bridgehead atoms. The quantitative estimate of drug-likeness (QED) is 0.166. The number of hydrogen-bond donors (Lipinski definition) is 3. The van der Waals surface area contributed by atoms with Crippen LogP contribution in [0.25, 0.3) is 11.1 Å². The van der Waals surface area contributed by atoms with Crippen molar-refractivity contribution in [1.29, 1.82) is 0 Å². The highest BCUT2D eigenvalue weighted by Crippen LogP contribution is 2.54. The Kier molecular flexibility index (Phi) is 10.5. The number of hydrogen-bond acceptors (Lipinski definition) is 6. The van der Waals surface area contributed by atoms with Gasteiger partial charge in [-0.15, -0.1) is 0 Å². The number of benzene rings is 3. The molecule has 0 radical (unpaired) electrons. The Bertz CT molecular complexity index is 1480. The number of fused-ring (bicyclic) bond motifs is 5. The van der Waals surface area contributed by atoms with E-state index in [0.29, 0.717) is 29.8 Å². The third-order valence-corrected chi connectivity index (χ3v) is 9.80. The van der Waals surface area contributed by atoms with E-state index in [2.05, 4.69) is 33.8 Å². The van der Waals surface area contributed by atoms with Gasteiger partial charge in [0, 0.05) is 23.6 Å². The molecule has 3 aromatic carbocycles. The van der Waals surface area contributed by atoms with Gasteiger partial charge in [0.1, 0.15) is 23.4 Å². The zero-order valence-corrected chi connectivity index (χ0v) is 28.0. The molecule has 0 unspecified atom stereocenters. The Balaban J connectivity index is 1.56. The van der Waals surface area contributed by atoms with Crippen LogP contribution in [0, 0.1) is 11.8 Å². The summed E-state index contributed by atoms with van der Waals surface area (Å²) >= 11 is 0. The number of aliphatic hydroxyl groups excluding tert-OH is 1. The first-order chi connectivity index (χ1) is 21.6. The molecule has 45 heavy (non-hydrogen) atoms. The van der Waals surface area contributed by atoms with E-state index in [-0.39, 0.29) is 11.7 Å². The van der Waals surface area contributed by atoms with Gasteiger partial charge in [0.05, 0.1) is 20.3 Å². The summed E-state index contributed by atoms with van der Waals surface area (Å²) in [7, 11) is 3.22. The number of rotatable bonds is 13. The van der Waals surface area contributed by atoms with Crippen LogP contribution < -0.4 is 14.2 Å². The molecule has 3 N–H and O–H groups in total. The Morgan fingerprint density at radius 3 is 2.36 bits per heavy atom. The summed E-state index contributed by atoms with van der Waals surface area (Å²) in [6.45, 7) is 8.97. The van der Waals surface area contributed by atoms with Crippen LogP contribution in [-0.2, 0) is 19.3 Å². The lowest BCUT2D eigenvalue weighted by Gasteiger charge is -2.38. The van der Waals surface area contributed by atoms with E-state index in [9.17, 15) is 15.3 Å². The minimum absolute atomic E-state index is 0.0479.